The maximum Gasteiger partial charge on any atom is 0.240 e. The summed E-state index contributed by atoms with van der Waals surface area (Å²) >= 11 is 0. The number of sulfonamides is 1. The first kappa shape index (κ1) is 40.3. The van der Waals surface area contributed by atoms with E-state index in [9.17, 15) is 27.6 Å². The van der Waals surface area contributed by atoms with Crippen molar-refractivity contribution in [3.05, 3.63) is 78.1 Å². The van der Waals surface area contributed by atoms with Crippen molar-refractivity contribution < 1.29 is 27.6 Å². The number of benzene rings is 2. The van der Waals surface area contributed by atoms with Gasteiger partial charge < -0.3 is 15.0 Å². The number of halogens is 1. The average Bonchev–Trinajstić information content (AvgIpc) is 3.59. The third-order valence-corrected chi connectivity index (χ3v) is 11.3. The molecule has 2 amide bonds. The lowest BCUT2D eigenvalue weighted by Gasteiger charge is -2.44. The molecule has 2 aliphatic rings. The number of likely N-dealkylation sites (tertiary alicyclic amines) is 1. The van der Waals surface area contributed by atoms with E-state index in [0.717, 1.165) is 69.2 Å². The van der Waals surface area contributed by atoms with Crippen molar-refractivity contribution in [3.8, 4) is 0 Å². The van der Waals surface area contributed by atoms with Crippen molar-refractivity contribution in [1.29, 1.82) is 0 Å². The molecule has 2 N–H and O–H groups in total. The van der Waals surface area contributed by atoms with Crippen LogP contribution in [0.4, 0.5) is 4.39 Å². The fourth-order valence-electron chi connectivity index (χ4n) is 7.09. The highest BCUT2D eigenvalue weighted by molar-refractivity contribution is 7.89. The van der Waals surface area contributed by atoms with Gasteiger partial charge in [-0.05, 0) is 87.9 Å². The van der Waals surface area contributed by atoms with E-state index in [1.165, 1.54) is 30.3 Å². The van der Waals surface area contributed by atoms with Crippen molar-refractivity contribution in [1.82, 2.24) is 19.6 Å². The molecule has 2 saturated heterocycles. The van der Waals surface area contributed by atoms with E-state index in [4.69, 9.17) is 0 Å². The van der Waals surface area contributed by atoms with Gasteiger partial charge in [0.2, 0.25) is 21.8 Å². The van der Waals surface area contributed by atoms with Crippen LogP contribution in [-0.4, -0.2) is 85.1 Å². The molecule has 0 spiro atoms. The molecule has 2 fully saturated rings. The number of nitrogens with one attached hydrogen (secondary N) is 1. The number of nitrogens with zero attached hydrogens (tertiary/aromatic N) is 3. The Morgan fingerprint density at radius 3 is 2.43 bits per heavy atom. The topological polar surface area (TPSA) is 110 Å². The molecule has 5 atom stereocenters. The lowest BCUT2D eigenvalue weighted by molar-refractivity contribution is -0.186. The number of carbonyl (C=O) groups is 2. The second kappa shape index (κ2) is 19.3. The first-order valence-corrected chi connectivity index (χ1v) is 19.3. The van der Waals surface area contributed by atoms with Crippen LogP contribution >= 0.6 is 0 Å². The lowest BCUT2D eigenvalue weighted by atomic mass is 9.90. The third-order valence-electron chi connectivity index (χ3n) is 9.85. The summed E-state index contributed by atoms with van der Waals surface area (Å²) in [5.74, 6) is 0.519. The smallest absolute Gasteiger partial charge is 0.240 e. The fraction of sp³-hybridized carbons (Fsp3) is 0.579. The Morgan fingerprint density at radius 2 is 1.84 bits per heavy atom. The van der Waals surface area contributed by atoms with Crippen LogP contribution < -0.4 is 4.72 Å². The molecule has 0 bridgehead atoms. The molecule has 0 aliphatic carbocycles. The molecule has 49 heavy (non-hydrogen) atoms. The van der Waals surface area contributed by atoms with Gasteiger partial charge in [0, 0.05) is 49.6 Å². The number of hydrogen-bond acceptors (Lipinski definition) is 6. The molecule has 11 heteroatoms. The van der Waals surface area contributed by atoms with Gasteiger partial charge >= 0.3 is 0 Å². The summed E-state index contributed by atoms with van der Waals surface area (Å²) in [6.07, 6.45) is 9.08. The number of amides is 2. The minimum absolute atomic E-state index is 0.0172. The van der Waals surface area contributed by atoms with E-state index in [1.54, 1.807) is 30.3 Å². The summed E-state index contributed by atoms with van der Waals surface area (Å²) in [6.45, 7) is 14.1. The quantitative estimate of drug-likeness (QED) is 0.217. The Hall–Kier alpha value is -3.12. The highest BCUT2D eigenvalue weighted by Gasteiger charge is 2.36. The van der Waals surface area contributed by atoms with Gasteiger partial charge in [0.15, 0.2) is 0 Å². The van der Waals surface area contributed by atoms with E-state index in [1.807, 2.05) is 22.8 Å². The first-order valence-electron chi connectivity index (χ1n) is 17.8. The summed E-state index contributed by atoms with van der Waals surface area (Å²) in [5.41, 5.74) is 1.78. The van der Waals surface area contributed by atoms with Crippen LogP contribution in [0.25, 0.3) is 0 Å². The Morgan fingerprint density at radius 1 is 1.12 bits per heavy atom. The van der Waals surface area contributed by atoms with Crippen molar-refractivity contribution in [3.63, 3.8) is 0 Å². The standard InChI is InChI=1S/C21H33N3O4S.C17H24FNO/c1-5-7-18-15-19(13-16(3)24(18)26)23(12-6-2)21(25)14-17-8-10-20(11-9-17)29(27,28)22-4;1-3-6-13(4-2)17(20)19-10-9-15(12-19)14-7-5-8-16(18)11-14/h6,8-11,16,18-19,22,26H,2,5,7,12-15H2,1,3-4H3;5,7-8,11,13,15H,3-4,6,9-10,12H2,1-2H3. The van der Waals surface area contributed by atoms with Crippen molar-refractivity contribution >= 4 is 21.8 Å². The van der Waals surface area contributed by atoms with Gasteiger partial charge in [-0.1, -0.05) is 64.0 Å². The highest BCUT2D eigenvalue weighted by atomic mass is 32.2. The largest absolute Gasteiger partial charge is 0.342 e. The molecule has 4 rings (SSSR count). The molecule has 0 saturated carbocycles. The van der Waals surface area contributed by atoms with Crippen LogP contribution in [0, 0.1) is 11.7 Å². The van der Waals surface area contributed by atoms with Gasteiger partial charge in [0.25, 0.3) is 0 Å². The van der Waals surface area contributed by atoms with Crippen LogP contribution in [0.1, 0.15) is 96.1 Å². The molecular formula is C38H57FN4O5S. The van der Waals surface area contributed by atoms with Gasteiger partial charge in [0.05, 0.1) is 11.3 Å². The van der Waals surface area contributed by atoms with E-state index in [2.05, 4.69) is 32.1 Å². The van der Waals surface area contributed by atoms with E-state index < -0.39 is 10.0 Å². The van der Waals surface area contributed by atoms with Crippen LogP contribution in [0.2, 0.25) is 0 Å². The second-order valence-electron chi connectivity index (χ2n) is 13.4. The zero-order chi connectivity index (χ0) is 36.1. The summed E-state index contributed by atoms with van der Waals surface area (Å²) in [7, 11) is -2.13. The molecule has 0 radical (unpaired) electrons. The summed E-state index contributed by atoms with van der Waals surface area (Å²) in [6, 6.07) is 13.2. The van der Waals surface area contributed by atoms with Gasteiger partial charge in [-0.25, -0.2) is 17.5 Å². The van der Waals surface area contributed by atoms with Gasteiger partial charge in [-0.15, -0.1) is 6.58 Å². The zero-order valence-corrected chi connectivity index (χ0v) is 30.8. The molecule has 0 aromatic heterocycles. The summed E-state index contributed by atoms with van der Waals surface area (Å²) in [4.78, 5) is 29.5. The molecule has 2 heterocycles. The third kappa shape index (κ3) is 11.2. The molecule has 2 aromatic rings. The molecule has 9 nitrogen and oxygen atoms in total. The number of carbonyl (C=O) groups excluding carboxylic acids is 2. The fourth-order valence-corrected chi connectivity index (χ4v) is 7.82. The van der Waals surface area contributed by atoms with Crippen molar-refractivity contribution in [2.45, 2.75) is 114 Å². The van der Waals surface area contributed by atoms with E-state index in [-0.39, 0.29) is 58.9 Å². The number of hydrogen-bond donors (Lipinski definition) is 2. The molecule has 2 aromatic carbocycles. The monoisotopic (exact) mass is 700 g/mol. The maximum absolute atomic E-state index is 13.3. The predicted octanol–water partition coefficient (Wildman–Crippen LogP) is 6.53. The Kier molecular flexibility index (Phi) is 15.9. The zero-order valence-electron chi connectivity index (χ0n) is 30.0. The Labute approximate surface area is 293 Å². The molecule has 272 valence electrons. The van der Waals surface area contributed by atoms with E-state index >= 15 is 0 Å². The average molecular weight is 701 g/mol. The second-order valence-corrected chi connectivity index (χ2v) is 15.3. The van der Waals surface area contributed by atoms with Crippen LogP contribution in [0.5, 0.6) is 0 Å². The van der Waals surface area contributed by atoms with Gasteiger partial charge in [0.1, 0.15) is 5.82 Å². The van der Waals surface area contributed by atoms with Crippen LogP contribution in [0.3, 0.4) is 0 Å². The molecule has 2 aliphatic heterocycles. The van der Waals surface area contributed by atoms with Crippen molar-refractivity contribution in [2.75, 3.05) is 26.7 Å². The maximum atomic E-state index is 13.3. The summed E-state index contributed by atoms with van der Waals surface area (Å²) in [5, 5.41) is 11.8. The Balaban J connectivity index is 0.000000284. The Bertz CT molecular complexity index is 1470. The first-order chi connectivity index (χ1) is 23.4. The van der Waals surface area contributed by atoms with Crippen molar-refractivity contribution in [2.24, 2.45) is 5.92 Å². The normalized spacial score (nSPS) is 21.8. The summed E-state index contributed by atoms with van der Waals surface area (Å²) < 4.78 is 39.3. The van der Waals surface area contributed by atoms with Crippen LogP contribution in [0.15, 0.2) is 66.1 Å². The van der Waals surface area contributed by atoms with E-state index in [0.29, 0.717) is 13.0 Å². The highest BCUT2D eigenvalue weighted by Crippen LogP contribution is 2.30. The number of rotatable bonds is 14. The number of hydroxylamine groups is 2. The van der Waals surface area contributed by atoms with Gasteiger partial charge in [-0.2, -0.15) is 5.06 Å². The predicted molar refractivity (Wildman–Crippen MR) is 192 cm³/mol. The molecular weight excluding hydrogens is 644 g/mol. The minimum Gasteiger partial charge on any atom is -0.342 e. The minimum atomic E-state index is -3.50. The number of piperidine rings is 1. The lowest BCUT2D eigenvalue weighted by Crippen LogP contribution is -2.54. The van der Waals surface area contributed by atoms with Gasteiger partial charge in [-0.3, -0.25) is 9.59 Å². The SMILES string of the molecule is C=CCN(C(=O)Cc1ccc(S(=O)(=O)NC)cc1)C1CC(C)N(O)C(CCC)C1.CCCC(CC)C(=O)N1CCC(c2cccc(F)c2)C1. The molecule has 5 unspecified atom stereocenters. The van der Waals surface area contributed by atoms with Crippen LogP contribution in [-0.2, 0) is 26.0 Å².